The number of nitrogens with zero attached hydrogens (tertiary/aromatic N) is 1. The molecule has 4 nitrogen and oxygen atoms in total. The van der Waals surface area contributed by atoms with Gasteiger partial charge < -0.3 is 14.6 Å². The topological polar surface area (TPSA) is 51.6 Å². The molecule has 2 rings (SSSR count). The summed E-state index contributed by atoms with van der Waals surface area (Å²) in [5.74, 6) is 0.579. The van der Waals surface area contributed by atoms with Gasteiger partial charge in [-0.25, -0.2) is 4.98 Å². The highest BCUT2D eigenvalue weighted by Crippen LogP contribution is 2.26. The lowest BCUT2D eigenvalue weighted by Crippen LogP contribution is -2.22. The average Bonchev–Trinajstić information content (AvgIpc) is 2.42. The van der Waals surface area contributed by atoms with Gasteiger partial charge >= 0.3 is 0 Å². The molecule has 4 heteroatoms. The van der Waals surface area contributed by atoms with E-state index in [1.54, 1.807) is 6.20 Å². The van der Waals surface area contributed by atoms with Crippen LogP contribution in [-0.4, -0.2) is 28.9 Å². The number of fused-ring (bicyclic) bond motifs is 1. The van der Waals surface area contributed by atoms with Crippen LogP contribution in [0.5, 0.6) is 5.88 Å². The van der Waals surface area contributed by atoms with Crippen LogP contribution in [0.1, 0.15) is 26.3 Å². The molecule has 1 heterocycles. The molecule has 20 heavy (non-hydrogen) atoms. The number of rotatable bonds is 5. The van der Waals surface area contributed by atoms with E-state index < -0.39 is 0 Å². The second kappa shape index (κ2) is 6.20. The lowest BCUT2D eigenvalue weighted by Gasteiger charge is -2.19. The SMILES string of the molecule is CC(C)(C)OCCOc1ncc(CO)c2ccccc12. The highest BCUT2D eigenvalue weighted by molar-refractivity contribution is 5.89. The molecule has 1 N–H and O–H groups in total. The Morgan fingerprint density at radius 1 is 1.10 bits per heavy atom. The maximum atomic E-state index is 9.33. The van der Waals surface area contributed by atoms with Crippen LogP contribution < -0.4 is 4.74 Å². The summed E-state index contributed by atoms with van der Waals surface area (Å²) in [6.45, 7) is 6.97. The Morgan fingerprint density at radius 2 is 1.80 bits per heavy atom. The number of benzene rings is 1. The number of ether oxygens (including phenoxy) is 2. The van der Waals surface area contributed by atoms with Crippen LogP contribution in [0.2, 0.25) is 0 Å². The Balaban J connectivity index is 2.11. The standard InChI is InChI=1S/C16H21NO3/c1-16(2,3)20-9-8-19-15-14-7-5-4-6-13(14)12(11-18)10-17-15/h4-7,10,18H,8-9,11H2,1-3H3. The minimum absolute atomic E-state index is 0.0269. The predicted octanol–water partition coefficient (Wildman–Crippen LogP) is 2.92. The zero-order valence-corrected chi connectivity index (χ0v) is 12.2. The first kappa shape index (κ1) is 14.8. The molecule has 0 unspecified atom stereocenters. The van der Waals surface area contributed by atoms with Gasteiger partial charge in [-0.05, 0) is 32.2 Å². The number of aliphatic hydroxyl groups excluding tert-OH is 1. The number of pyridine rings is 1. The molecule has 0 amide bonds. The van der Waals surface area contributed by atoms with E-state index >= 15 is 0 Å². The second-order valence-corrected chi connectivity index (χ2v) is 5.60. The minimum Gasteiger partial charge on any atom is -0.475 e. The number of aliphatic hydroxyl groups is 1. The lowest BCUT2D eigenvalue weighted by atomic mass is 10.1. The van der Waals surface area contributed by atoms with E-state index in [0.717, 1.165) is 16.3 Å². The average molecular weight is 275 g/mol. The maximum absolute atomic E-state index is 9.33. The molecule has 0 saturated carbocycles. The van der Waals surface area contributed by atoms with Gasteiger partial charge in [-0.2, -0.15) is 0 Å². The summed E-state index contributed by atoms with van der Waals surface area (Å²) in [5, 5.41) is 11.2. The van der Waals surface area contributed by atoms with Gasteiger partial charge in [-0.15, -0.1) is 0 Å². The van der Waals surface area contributed by atoms with Crippen LogP contribution in [-0.2, 0) is 11.3 Å². The van der Waals surface area contributed by atoms with Crippen molar-refractivity contribution >= 4 is 10.8 Å². The molecule has 0 aliphatic heterocycles. The van der Waals surface area contributed by atoms with Gasteiger partial charge in [-0.3, -0.25) is 0 Å². The molecule has 0 spiro atoms. The minimum atomic E-state index is -0.167. The first-order chi connectivity index (χ1) is 9.51. The summed E-state index contributed by atoms with van der Waals surface area (Å²) < 4.78 is 11.3. The molecule has 1 aromatic heterocycles. The largest absolute Gasteiger partial charge is 0.475 e. The Kier molecular flexibility index (Phi) is 4.57. The second-order valence-electron chi connectivity index (χ2n) is 5.60. The van der Waals surface area contributed by atoms with Gasteiger partial charge in [0, 0.05) is 17.1 Å². The van der Waals surface area contributed by atoms with Crippen molar-refractivity contribution in [3.05, 3.63) is 36.0 Å². The summed E-state index contributed by atoms with van der Waals surface area (Å²) >= 11 is 0. The smallest absolute Gasteiger partial charge is 0.221 e. The lowest BCUT2D eigenvalue weighted by molar-refractivity contribution is -0.0166. The van der Waals surface area contributed by atoms with E-state index in [2.05, 4.69) is 4.98 Å². The molecule has 0 fully saturated rings. The van der Waals surface area contributed by atoms with Gasteiger partial charge in [0.1, 0.15) is 6.61 Å². The summed E-state index contributed by atoms with van der Waals surface area (Å²) in [4.78, 5) is 4.27. The van der Waals surface area contributed by atoms with Gasteiger partial charge in [0.25, 0.3) is 0 Å². The molecule has 0 bridgehead atoms. The van der Waals surface area contributed by atoms with E-state index in [1.165, 1.54) is 0 Å². The van der Waals surface area contributed by atoms with Crippen molar-refractivity contribution in [3.63, 3.8) is 0 Å². The fourth-order valence-electron chi connectivity index (χ4n) is 1.95. The number of hydrogen-bond acceptors (Lipinski definition) is 4. The van der Waals surface area contributed by atoms with Crippen LogP contribution in [0.3, 0.4) is 0 Å². The first-order valence-electron chi connectivity index (χ1n) is 6.75. The van der Waals surface area contributed by atoms with E-state index in [9.17, 15) is 5.11 Å². The molecule has 0 saturated heterocycles. The first-order valence-corrected chi connectivity index (χ1v) is 6.75. The van der Waals surface area contributed by atoms with E-state index in [0.29, 0.717) is 19.1 Å². The van der Waals surface area contributed by atoms with Gasteiger partial charge in [0.15, 0.2) is 0 Å². The molecule has 0 atom stereocenters. The zero-order valence-electron chi connectivity index (χ0n) is 12.2. The van der Waals surface area contributed by atoms with Crippen molar-refractivity contribution in [1.82, 2.24) is 4.98 Å². The third-order valence-corrected chi connectivity index (χ3v) is 2.87. The van der Waals surface area contributed by atoms with Crippen LogP contribution in [0.15, 0.2) is 30.5 Å². The highest BCUT2D eigenvalue weighted by Gasteiger charge is 2.11. The Hall–Kier alpha value is -1.65. The third kappa shape index (κ3) is 3.68. The summed E-state index contributed by atoms with van der Waals surface area (Å²) in [6, 6.07) is 7.78. The summed E-state index contributed by atoms with van der Waals surface area (Å²) in [7, 11) is 0. The van der Waals surface area contributed by atoms with E-state index in [4.69, 9.17) is 9.47 Å². The number of aromatic nitrogens is 1. The van der Waals surface area contributed by atoms with Gasteiger partial charge in [-0.1, -0.05) is 18.2 Å². The van der Waals surface area contributed by atoms with Crippen molar-refractivity contribution < 1.29 is 14.6 Å². The van der Waals surface area contributed by atoms with E-state index in [1.807, 2.05) is 45.0 Å². The van der Waals surface area contributed by atoms with Crippen molar-refractivity contribution in [2.24, 2.45) is 0 Å². The van der Waals surface area contributed by atoms with Gasteiger partial charge in [0.05, 0.1) is 18.8 Å². The van der Waals surface area contributed by atoms with Crippen molar-refractivity contribution in [2.75, 3.05) is 13.2 Å². The van der Waals surface area contributed by atoms with Gasteiger partial charge in [0.2, 0.25) is 5.88 Å². The fourth-order valence-corrected chi connectivity index (χ4v) is 1.95. The van der Waals surface area contributed by atoms with Crippen molar-refractivity contribution in [2.45, 2.75) is 33.0 Å². The van der Waals surface area contributed by atoms with Crippen LogP contribution in [0, 0.1) is 0 Å². The molecule has 0 aliphatic rings. The number of hydrogen-bond donors (Lipinski definition) is 1. The molecule has 0 radical (unpaired) electrons. The van der Waals surface area contributed by atoms with Crippen molar-refractivity contribution in [1.29, 1.82) is 0 Å². The third-order valence-electron chi connectivity index (χ3n) is 2.87. The molecule has 0 aliphatic carbocycles. The molecule has 1 aromatic carbocycles. The zero-order chi connectivity index (χ0) is 14.6. The van der Waals surface area contributed by atoms with Crippen LogP contribution in [0.4, 0.5) is 0 Å². The molecular formula is C16H21NO3. The highest BCUT2D eigenvalue weighted by atomic mass is 16.5. The molecular weight excluding hydrogens is 254 g/mol. The fraction of sp³-hybridized carbons (Fsp3) is 0.438. The Morgan fingerprint density at radius 3 is 2.45 bits per heavy atom. The summed E-state index contributed by atoms with van der Waals surface area (Å²) in [6.07, 6.45) is 1.66. The Bertz CT molecular complexity index is 575. The monoisotopic (exact) mass is 275 g/mol. The Labute approximate surface area is 119 Å². The quantitative estimate of drug-likeness (QED) is 0.852. The maximum Gasteiger partial charge on any atom is 0.221 e. The predicted molar refractivity (Wildman–Crippen MR) is 78.9 cm³/mol. The van der Waals surface area contributed by atoms with E-state index in [-0.39, 0.29) is 12.2 Å². The molecule has 108 valence electrons. The van der Waals surface area contributed by atoms with Crippen molar-refractivity contribution in [3.8, 4) is 5.88 Å². The summed E-state index contributed by atoms with van der Waals surface area (Å²) in [5.41, 5.74) is 0.637. The van der Waals surface area contributed by atoms with Crippen LogP contribution >= 0.6 is 0 Å². The van der Waals surface area contributed by atoms with Crippen LogP contribution in [0.25, 0.3) is 10.8 Å². The normalized spacial score (nSPS) is 11.8. The molecule has 2 aromatic rings.